The standard InChI is InChI=1S/C27H30FN5OS.C6H6.C2H6/c1-4-31-16-24(14-29-31)35-32-15-20-11-23(34-3)12-27(20,17-32)25-10-19-13-30-33(26(19)9-18(25)2)22-7-5-21(28)6-8-22;1-2-4-6-5-3-1;1-2/h5-10,13-14,16,20,23H,4,11-12,15,17H2,1-3H3;1-6H;1-2H3/t20-,23?,27-;;/m0../s1. The van der Waals surface area contributed by atoms with Crippen molar-refractivity contribution in [3.63, 3.8) is 0 Å². The van der Waals surface area contributed by atoms with Gasteiger partial charge < -0.3 is 4.74 Å². The molecule has 0 N–H and O–H groups in total. The molecule has 43 heavy (non-hydrogen) atoms. The highest BCUT2D eigenvalue weighted by Gasteiger charge is 2.54. The molecule has 5 aromatic rings. The summed E-state index contributed by atoms with van der Waals surface area (Å²) in [4.78, 5) is 1.19. The van der Waals surface area contributed by atoms with Crippen LogP contribution in [0.2, 0.25) is 0 Å². The molecule has 0 spiro atoms. The number of ether oxygens (including phenoxy) is 1. The van der Waals surface area contributed by atoms with Crippen LogP contribution in [0.25, 0.3) is 16.6 Å². The van der Waals surface area contributed by atoms with E-state index in [1.807, 2.05) is 91.1 Å². The first kappa shape index (κ1) is 31.0. The van der Waals surface area contributed by atoms with Gasteiger partial charge in [0.25, 0.3) is 0 Å². The number of hydrogen-bond donors (Lipinski definition) is 0. The van der Waals surface area contributed by atoms with E-state index >= 15 is 0 Å². The van der Waals surface area contributed by atoms with E-state index in [1.54, 1.807) is 12.1 Å². The minimum Gasteiger partial charge on any atom is -0.381 e. The summed E-state index contributed by atoms with van der Waals surface area (Å²) in [6, 6.07) is 23.1. The first-order chi connectivity index (χ1) is 21.0. The van der Waals surface area contributed by atoms with E-state index in [4.69, 9.17) is 4.74 Å². The minimum atomic E-state index is -0.242. The van der Waals surface area contributed by atoms with Crippen molar-refractivity contribution in [2.75, 3.05) is 20.2 Å². The van der Waals surface area contributed by atoms with E-state index < -0.39 is 0 Å². The Morgan fingerprint density at radius 2 is 1.70 bits per heavy atom. The van der Waals surface area contributed by atoms with Crippen LogP contribution in [0.4, 0.5) is 4.39 Å². The summed E-state index contributed by atoms with van der Waals surface area (Å²) in [5.74, 6) is 0.290. The number of nitrogens with zero attached hydrogens (tertiary/aromatic N) is 5. The van der Waals surface area contributed by atoms with Gasteiger partial charge in [-0.25, -0.2) is 13.4 Å². The van der Waals surface area contributed by atoms with Crippen molar-refractivity contribution in [3.8, 4) is 5.69 Å². The lowest BCUT2D eigenvalue weighted by atomic mass is 9.72. The number of hydrogen-bond acceptors (Lipinski definition) is 5. The second-order valence-electron chi connectivity index (χ2n) is 11.0. The molecule has 2 aliphatic rings. The molecule has 3 aromatic carbocycles. The van der Waals surface area contributed by atoms with Crippen molar-refractivity contribution < 1.29 is 9.13 Å². The highest BCUT2D eigenvalue weighted by molar-refractivity contribution is 7.97. The average molecular weight is 600 g/mol. The fraction of sp³-hybridized carbons (Fsp3) is 0.371. The van der Waals surface area contributed by atoms with Gasteiger partial charge >= 0.3 is 0 Å². The SMILES string of the molecule is CC.CCn1cc(SN2C[C@@H]3CC(OC)C[C@]3(c3cc4cnn(-c5ccc(F)cc5)c4cc3C)C2)cn1.c1ccccc1. The minimum absolute atomic E-state index is 0.0463. The first-order valence-electron chi connectivity index (χ1n) is 15.2. The largest absolute Gasteiger partial charge is 0.381 e. The number of benzene rings is 3. The van der Waals surface area contributed by atoms with E-state index in [2.05, 4.69) is 46.7 Å². The third-order valence-corrected chi connectivity index (χ3v) is 9.45. The van der Waals surface area contributed by atoms with Crippen LogP contribution in [-0.2, 0) is 16.7 Å². The average Bonchev–Trinajstić information content (AvgIpc) is 3.82. The molecular formula is C35H42FN5OS. The number of methoxy groups -OCH3 is 1. The van der Waals surface area contributed by atoms with Gasteiger partial charge in [0, 0.05) is 43.7 Å². The molecule has 2 fully saturated rings. The van der Waals surface area contributed by atoms with Crippen LogP contribution < -0.4 is 0 Å². The Morgan fingerprint density at radius 1 is 1.00 bits per heavy atom. The Labute approximate surface area is 259 Å². The van der Waals surface area contributed by atoms with Crippen molar-refractivity contribution in [2.24, 2.45) is 5.92 Å². The van der Waals surface area contributed by atoms with E-state index in [9.17, 15) is 4.39 Å². The summed E-state index contributed by atoms with van der Waals surface area (Å²) >= 11 is 1.82. The molecule has 0 radical (unpaired) electrons. The summed E-state index contributed by atoms with van der Waals surface area (Å²) < 4.78 is 25.7. The van der Waals surface area contributed by atoms with Gasteiger partial charge in [0.05, 0.1) is 34.6 Å². The molecule has 0 bridgehead atoms. The number of rotatable bonds is 6. The van der Waals surface area contributed by atoms with Crippen LogP contribution in [-0.4, -0.2) is 50.2 Å². The predicted molar refractivity (Wildman–Crippen MR) is 174 cm³/mol. The zero-order valence-corrected chi connectivity index (χ0v) is 26.6. The number of halogens is 1. The van der Waals surface area contributed by atoms with Crippen LogP contribution in [0.3, 0.4) is 0 Å². The van der Waals surface area contributed by atoms with Crippen molar-refractivity contribution >= 4 is 22.9 Å². The molecule has 2 aromatic heterocycles. The summed E-state index contributed by atoms with van der Waals surface area (Å²) in [6.07, 6.45) is 8.41. The third kappa shape index (κ3) is 6.56. The molecular weight excluding hydrogens is 557 g/mol. The van der Waals surface area contributed by atoms with Crippen molar-refractivity contribution in [1.82, 2.24) is 23.9 Å². The summed E-state index contributed by atoms with van der Waals surface area (Å²) in [5, 5.41) is 10.2. The molecule has 1 aliphatic carbocycles. The summed E-state index contributed by atoms with van der Waals surface area (Å²) in [5.41, 5.74) is 4.63. The molecule has 1 saturated heterocycles. The third-order valence-electron chi connectivity index (χ3n) is 8.49. The van der Waals surface area contributed by atoms with Gasteiger partial charge in [-0.3, -0.25) is 4.68 Å². The lowest BCUT2D eigenvalue weighted by Gasteiger charge is -2.31. The molecule has 3 heterocycles. The Balaban J connectivity index is 0.000000406. The highest BCUT2D eigenvalue weighted by Crippen LogP contribution is 2.54. The molecule has 0 amide bonds. The lowest BCUT2D eigenvalue weighted by molar-refractivity contribution is 0.0982. The van der Waals surface area contributed by atoms with Gasteiger partial charge in [0.15, 0.2) is 0 Å². The van der Waals surface area contributed by atoms with Crippen molar-refractivity contribution in [2.45, 2.75) is 63.5 Å². The predicted octanol–water partition coefficient (Wildman–Crippen LogP) is 8.09. The van der Waals surface area contributed by atoms with Gasteiger partial charge in [-0.15, -0.1) is 0 Å². The Morgan fingerprint density at radius 3 is 2.33 bits per heavy atom. The molecule has 1 aliphatic heterocycles. The van der Waals surface area contributed by atoms with E-state index in [-0.39, 0.29) is 17.3 Å². The quantitative estimate of drug-likeness (QED) is 0.185. The maximum atomic E-state index is 13.5. The smallest absolute Gasteiger partial charge is 0.123 e. The van der Waals surface area contributed by atoms with Gasteiger partial charge in [-0.1, -0.05) is 50.2 Å². The van der Waals surface area contributed by atoms with Crippen LogP contribution in [0.1, 0.15) is 44.7 Å². The molecule has 1 unspecified atom stereocenters. The molecule has 6 nitrogen and oxygen atoms in total. The van der Waals surface area contributed by atoms with Gasteiger partial charge in [0.1, 0.15) is 5.82 Å². The first-order valence-corrected chi connectivity index (χ1v) is 16.0. The maximum absolute atomic E-state index is 13.5. The molecule has 226 valence electrons. The van der Waals surface area contributed by atoms with E-state index in [1.165, 1.54) is 28.2 Å². The van der Waals surface area contributed by atoms with Crippen LogP contribution in [0, 0.1) is 18.7 Å². The molecule has 8 heteroatoms. The topological polar surface area (TPSA) is 48.1 Å². The molecule has 3 atom stereocenters. The second-order valence-corrected chi connectivity index (χ2v) is 12.2. The van der Waals surface area contributed by atoms with Crippen LogP contribution in [0.5, 0.6) is 0 Å². The van der Waals surface area contributed by atoms with Crippen LogP contribution in [0.15, 0.2) is 96.3 Å². The van der Waals surface area contributed by atoms with E-state index in [0.29, 0.717) is 5.92 Å². The van der Waals surface area contributed by atoms with Gasteiger partial charge in [0.2, 0.25) is 0 Å². The van der Waals surface area contributed by atoms with Crippen LogP contribution >= 0.6 is 11.9 Å². The van der Waals surface area contributed by atoms with Crippen molar-refractivity contribution in [3.05, 3.63) is 108 Å². The fourth-order valence-electron chi connectivity index (χ4n) is 6.53. The second kappa shape index (κ2) is 13.9. The zero-order valence-electron chi connectivity index (χ0n) is 25.8. The number of aryl methyl sites for hydroxylation is 2. The Kier molecular flexibility index (Phi) is 10.0. The van der Waals surface area contributed by atoms with Crippen molar-refractivity contribution in [1.29, 1.82) is 0 Å². The lowest BCUT2D eigenvalue weighted by Crippen LogP contribution is -2.32. The van der Waals surface area contributed by atoms with Gasteiger partial charge in [-0.2, -0.15) is 10.2 Å². The number of fused-ring (bicyclic) bond motifs is 2. The molecule has 1 saturated carbocycles. The highest BCUT2D eigenvalue weighted by atomic mass is 32.2. The normalized spacial score (nSPS) is 21.2. The van der Waals surface area contributed by atoms with Gasteiger partial charge in [-0.05, 0) is 92.1 Å². The Hall–Kier alpha value is -3.46. The molecule has 7 rings (SSSR count). The maximum Gasteiger partial charge on any atom is 0.123 e. The fourth-order valence-corrected chi connectivity index (χ4v) is 7.64. The summed E-state index contributed by atoms with van der Waals surface area (Å²) in [6.45, 7) is 11.2. The zero-order chi connectivity index (χ0) is 30.4. The number of aromatic nitrogens is 4. The Bertz CT molecular complexity index is 1580. The van der Waals surface area contributed by atoms with E-state index in [0.717, 1.165) is 49.1 Å². The monoisotopic (exact) mass is 599 g/mol. The summed E-state index contributed by atoms with van der Waals surface area (Å²) in [7, 11) is 1.84.